The molecule has 0 radical (unpaired) electrons. The summed E-state index contributed by atoms with van der Waals surface area (Å²) in [5, 5.41) is 3.37. The Hall–Kier alpha value is -1.35. The van der Waals surface area contributed by atoms with Gasteiger partial charge in [-0.1, -0.05) is 19.1 Å². The molecule has 1 heterocycles. The fourth-order valence-corrected chi connectivity index (χ4v) is 2.02. The number of benzene rings is 1. The van der Waals surface area contributed by atoms with Crippen LogP contribution >= 0.6 is 0 Å². The van der Waals surface area contributed by atoms with Gasteiger partial charge in [0.15, 0.2) is 0 Å². The van der Waals surface area contributed by atoms with Crippen molar-refractivity contribution in [1.82, 2.24) is 5.32 Å². The van der Waals surface area contributed by atoms with E-state index in [9.17, 15) is 4.39 Å². The zero-order chi connectivity index (χ0) is 12.1. The second kappa shape index (κ2) is 5.82. The molecule has 1 unspecified atom stereocenters. The van der Waals surface area contributed by atoms with Crippen molar-refractivity contribution < 1.29 is 9.13 Å². The van der Waals surface area contributed by atoms with Crippen molar-refractivity contribution in [3.05, 3.63) is 47.5 Å². The maximum Gasteiger partial charge on any atom is 0.123 e. The summed E-state index contributed by atoms with van der Waals surface area (Å²) < 4.78 is 18.6. The van der Waals surface area contributed by atoms with Gasteiger partial charge >= 0.3 is 0 Å². The van der Waals surface area contributed by atoms with E-state index < -0.39 is 0 Å². The predicted octanol–water partition coefficient (Wildman–Crippen LogP) is 3.17. The van der Waals surface area contributed by atoms with E-state index in [4.69, 9.17) is 4.74 Å². The predicted molar refractivity (Wildman–Crippen MR) is 66.1 cm³/mol. The quantitative estimate of drug-likeness (QED) is 0.865. The maximum absolute atomic E-state index is 12.9. The van der Waals surface area contributed by atoms with Crippen LogP contribution in [0.2, 0.25) is 0 Å². The fourth-order valence-electron chi connectivity index (χ4n) is 2.02. The number of ether oxygens (including phenoxy) is 1. The van der Waals surface area contributed by atoms with E-state index in [1.807, 2.05) is 12.1 Å². The highest BCUT2D eigenvalue weighted by molar-refractivity contribution is 5.26. The highest BCUT2D eigenvalue weighted by atomic mass is 19.1. The lowest BCUT2D eigenvalue weighted by Crippen LogP contribution is -2.25. The van der Waals surface area contributed by atoms with Crippen LogP contribution in [0.15, 0.2) is 36.1 Å². The summed E-state index contributed by atoms with van der Waals surface area (Å²) in [6.07, 6.45) is 4.25. The molecule has 0 fully saturated rings. The van der Waals surface area contributed by atoms with Gasteiger partial charge in [0.2, 0.25) is 0 Å². The minimum atomic E-state index is -0.206. The SMILES string of the molecule is CCNC(C1=CCCCO1)c1ccc(F)cc1. The normalized spacial score (nSPS) is 17.2. The van der Waals surface area contributed by atoms with Crippen molar-refractivity contribution in [2.24, 2.45) is 0 Å². The average molecular weight is 235 g/mol. The maximum atomic E-state index is 12.9. The topological polar surface area (TPSA) is 21.3 Å². The molecule has 0 aromatic heterocycles. The van der Waals surface area contributed by atoms with Gasteiger partial charge in [-0.15, -0.1) is 0 Å². The molecular formula is C14H18FNO. The molecular weight excluding hydrogens is 217 g/mol. The van der Waals surface area contributed by atoms with Crippen LogP contribution in [0, 0.1) is 5.82 Å². The number of nitrogens with one attached hydrogen (secondary N) is 1. The zero-order valence-electron chi connectivity index (χ0n) is 10.1. The van der Waals surface area contributed by atoms with E-state index >= 15 is 0 Å². The molecule has 3 heteroatoms. The molecule has 0 amide bonds. The number of likely N-dealkylation sites (N-methyl/N-ethyl adjacent to an activating group) is 1. The van der Waals surface area contributed by atoms with Crippen LogP contribution in [-0.2, 0) is 4.74 Å². The highest BCUT2D eigenvalue weighted by Gasteiger charge is 2.18. The van der Waals surface area contributed by atoms with Gasteiger partial charge in [-0.25, -0.2) is 4.39 Å². The van der Waals surface area contributed by atoms with Gasteiger partial charge in [0.1, 0.15) is 11.6 Å². The minimum absolute atomic E-state index is 0.0425. The number of hydrogen-bond acceptors (Lipinski definition) is 2. The molecule has 1 aromatic carbocycles. The third-order valence-electron chi connectivity index (χ3n) is 2.86. The fraction of sp³-hybridized carbons (Fsp3) is 0.429. The minimum Gasteiger partial charge on any atom is -0.496 e. The first-order valence-electron chi connectivity index (χ1n) is 6.13. The van der Waals surface area contributed by atoms with Crippen molar-refractivity contribution in [3.63, 3.8) is 0 Å². The monoisotopic (exact) mass is 235 g/mol. The van der Waals surface area contributed by atoms with Gasteiger partial charge < -0.3 is 10.1 Å². The molecule has 17 heavy (non-hydrogen) atoms. The van der Waals surface area contributed by atoms with Crippen molar-refractivity contribution in [3.8, 4) is 0 Å². The van der Waals surface area contributed by atoms with E-state index in [0.29, 0.717) is 0 Å². The van der Waals surface area contributed by atoms with Crippen molar-refractivity contribution in [2.75, 3.05) is 13.2 Å². The number of halogens is 1. The van der Waals surface area contributed by atoms with Crippen LogP contribution in [0.25, 0.3) is 0 Å². The van der Waals surface area contributed by atoms with Crippen LogP contribution in [0.5, 0.6) is 0 Å². The second-order valence-electron chi connectivity index (χ2n) is 4.14. The Morgan fingerprint density at radius 3 is 2.71 bits per heavy atom. The van der Waals surface area contributed by atoms with Gasteiger partial charge in [0, 0.05) is 0 Å². The summed E-state index contributed by atoms with van der Waals surface area (Å²) in [5.74, 6) is 0.757. The molecule has 0 saturated heterocycles. The Bertz CT molecular complexity index is 386. The van der Waals surface area contributed by atoms with Gasteiger partial charge in [-0.05, 0) is 43.2 Å². The molecule has 2 nitrogen and oxygen atoms in total. The Balaban J connectivity index is 2.21. The molecule has 1 aromatic rings. The Morgan fingerprint density at radius 1 is 1.35 bits per heavy atom. The molecule has 0 spiro atoms. The van der Waals surface area contributed by atoms with E-state index in [-0.39, 0.29) is 11.9 Å². The van der Waals surface area contributed by atoms with Crippen LogP contribution in [-0.4, -0.2) is 13.2 Å². The number of rotatable bonds is 4. The first-order chi connectivity index (χ1) is 8.31. The van der Waals surface area contributed by atoms with Crippen LogP contribution < -0.4 is 5.32 Å². The lowest BCUT2D eigenvalue weighted by molar-refractivity contribution is 0.168. The Morgan fingerprint density at radius 2 is 2.12 bits per heavy atom. The molecule has 1 aliphatic rings. The summed E-state index contributed by atoms with van der Waals surface area (Å²) in [4.78, 5) is 0. The molecule has 92 valence electrons. The van der Waals surface area contributed by atoms with Gasteiger partial charge in [0.25, 0.3) is 0 Å². The smallest absolute Gasteiger partial charge is 0.123 e. The molecule has 1 N–H and O–H groups in total. The summed E-state index contributed by atoms with van der Waals surface area (Å²) in [5.41, 5.74) is 1.04. The molecule has 0 saturated carbocycles. The summed E-state index contributed by atoms with van der Waals surface area (Å²) in [7, 11) is 0. The molecule has 0 bridgehead atoms. The third kappa shape index (κ3) is 3.07. The van der Waals surface area contributed by atoms with Crippen molar-refractivity contribution >= 4 is 0 Å². The lowest BCUT2D eigenvalue weighted by atomic mass is 10.0. The first kappa shape index (κ1) is 12.1. The van der Waals surface area contributed by atoms with E-state index in [1.165, 1.54) is 12.1 Å². The summed E-state index contributed by atoms with van der Waals surface area (Å²) in [6.45, 7) is 3.68. The van der Waals surface area contributed by atoms with E-state index in [2.05, 4.69) is 18.3 Å². The van der Waals surface area contributed by atoms with Crippen molar-refractivity contribution in [1.29, 1.82) is 0 Å². The highest BCUT2D eigenvalue weighted by Crippen LogP contribution is 2.26. The zero-order valence-corrected chi connectivity index (χ0v) is 10.1. The van der Waals surface area contributed by atoms with Crippen LogP contribution in [0.1, 0.15) is 31.4 Å². The lowest BCUT2D eigenvalue weighted by Gasteiger charge is -2.24. The standard InChI is InChI=1S/C14H18FNO/c1-2-16-14(13-5-3-4-10-17-13)11-6-8-12(15)9-7-11/h5-9,14,16H,2-4,10H2,1H3. The average Bonchev–Trinajstić information content (AvgIpc) is 2.38. The summed E-state index contributed by atoms with van der Waals surface area (Å²) >= 11 is 0. The first-order valence-corrected chi connectivity index (χ1v) is 6.13. The third-order valence-corrected chi connectivity index (χ3v) is 2.86. The van der Waals surface area contributed by atoms with E-state index in [1.54, 1.807) is 0 Å². The van der Waals surface area contributed by atoms with Gasteiger partial charge in [0.05, 0.1) is 12.6 Å². The largest absolute Gasteiger partial charge is 0.496 e. The summed E-state index contributed by atoms with van der Waals surface area (Å²) in [6, 6.07) is 6.63. The number of hydrogen-bond donors (Lipinski definition) is 1. The van der Waals surface area contributed by atoms with Crippen LogP contribution in [0.3, 0.4) is 0 Å². The van der Waals surface area contributed by atoms with Gasteiger partial charge in [-0.2, -0.15) is 0 Å². The van der Waals surface area contributed by atoms with Crippen LogP contribution in [0.4, 0.5) is 4.39 Å². The van der Waals surface area contributed by atoms with Crippen molar-refractivity contribution in [2.45, 2.75) is 25.8 Å². The molecule has 1 atom stereocenters. The Kier molecular flexibility index (Phi) is 4.15. The second-order valence-corrected chi connectivity index (χ2v) is 4.14. The molecule has 0 aliphatic carbocycles. The van der Waals surface area contributed by atoms with E-state index in [0.717, 1.165) is 37.3 Å². The molecule has 2 rings (SSSR count). The van der Waals surface area contributed by atoms with Gasteiger partial charge in [-0.3, -0.25) is 0 Å². The molecule has 1 aliphatic heterocycles. The Labute approximate surface area is 101 Å². The number of allylic oxidation sites excluding steroid dienone is 1.